The topological polar surface area (TPSA) is 51.3 Å². The van der Waals surface area contributed by atoms with E-state index in [0.29, 0.717) is 0 Å². The van der Waals surface area contributed by atoms with Crippen molar-refractivity contribution in [3.63, 3.8) is 0 Å². The van der Waals surface area contributed by atoms with Crippen LogP contribution in [0.2, 0.25) is 0 Å². The van der Waals surface area contributed by atoms with Crippen molar-refractivity contribution in [3.05, 3.63) is 53.7 Å². The SMILES string of the molecule is COc1ccc2[nH]c(C)c(-c3cccc(COC(C)=O)c3)c2c1. The van der Waals surface area contributed by atoms with Gasteiger partial charge in [0.1, 0.15) is 12.4 Å². The van der Waals surface area contributed by atoms with Gasteiger partial charge in [-0.05, 0) is 42.3 Å². The molecule has 0 saturated heterocycles. The molecule has 0 spiro atoms. The molecule has 0 atom stereocenters. The molecule has 0 fully saturated rings. The molecule has 0 amide bonds. The molecule has 4 nitrogen and oxygen atoms in total. The van der Waals surface area contributed by atoms with Gasteiger partial charge in [0.05, 0.1) is 7.11 Å². The number of fused-ring (bicyclic) bond motifs is 1. The average molecular weight is 309 g/mol. The highest BCUT2D eigenvalue weighted by Crippen LogP contribution is 2.34. The summed E-state index contributed by atoms with van der Waals surface area (Å²) < 4.78 is 10.4. The van der Waals surface area contributed by atoms with Gasteiger partial charge in [0.15, 0.2) is 0 Å². The van der Waals surface area contributed by atoms with E-state index < -0.39 is 0 Å². The summed E-state index contributed by atoms with van der Waals surface area (Å²) in [6.45, 7) is 3.76. The van der Waals surface area contributed by atoms with Gasteiger partial charge in [0, 0.05) is 29.1 Å². The Hall–Kier alpha value is -2.75. The van der Waals surface area contributed by atoms with Crippen LogP contribution in [-0.4, -0.2) is 18.1 Å². The number of esters is 1. The maximum atomic E-state index is 11.0. The summed E-state index contributed by atoms with van der Waals surface area (Å²) in [4.78, 5) is 14.4. The first-order valence-electron chi connectivity index (χ1n) is 7.47. The first kappa shape index (κ1) is 15.2. The molecule has 0 radical (unpaired) electrons. The lowest BCUT2D eigenvalue weighted by Crippen LogP contribution is -1.98. The molecule has 4 heteroatoms. The zero-order valence-corrected chi connectivity index (χ0v) is 13.5. The maximum Gasteiger partial charge on any atom is 0.302 e. The van der Waals surface area contributed by atoms with E-state index in [-0.39, 0.29) is 12.6 Å². The van der Waals surface area contributed by atoms with Crippen molar-refractivity contribution in [1.29, 1.82) is 0 Å². The summed E-state index contributed by atoms with van der Waals surface area (Å²) in [7, 11) is 1.67. The van der Waals surface area contributed by atoms with Crippen LogP contribution in [0.3, 0.4) is 0 Å². The van der Waals surface area contributed by atoms with E-state index in [1.54, 1.807) is 7.11 Å². The summed E-state index contributed by atoms with van der Waals surface area (Å²) in [5.41, 5.74) is 5.37. The second-order valence-electron chi connectivity index (χ2n) is 5.52. The van der Waals surface area contributed by atoms with Crippen LogP contribution in [-0.2, 0) is 16.1 Å². The zero-order valence-electron chi connectivity index (χ0n) is 13.5. The molecule has 0 unspecified atom stereocenters. The molecule has 1 heterocycles. The van der Waals surface area contributed by atoms with Gasteiger partial charge in [-0.1, -0.05) is 18.2 Å². The Morgan fingerprint density at radius 3 is 2.74 bits per heavy atom. The Balaban J connectivity index is 2.07. The Morgan fingerprint density at radius 1 is 1.17 bits per heavy atom. The number of H-pyrrole nitrogens is 1. The monoisotopic (exact) mass is 309 g/mol. The highest BCUT2D eigenvalue weighted by atomic mass is 16.5. The Morgan fingerprint density at radius 2 is 2.00 bits per heavy atom. The third kappa shape index (κ3) is 3.06. The molecule has 118 valence electrons. The van der Waals surface area contributed by atoms with Crippen LogP contribution in [0.25, 0.3) is 22.0 Å². The van der Waals surface area contributed by atoms with E-state index in [4.69, 9.17) is 9.47 Å². The largest absolute Gasteiger partial charge is 0.497 e. The van der Waals surface area contributed by atoms with Gasteiger partial charge in [0.2, 0.25) is 0 Å². The van der Waals surface area contributed by atoms with Crippen molar-refractivity contribution in [2.45, 2.75) is 20.5 Å². The first-order valence-corrected chi connectivity index (χ1v) is 7.47. The predicted octanol–water partition coefficient (Wildman–Crippen LogP) is 4.22. The molecule has 1 N–H and O–H groups in total. The van der Waals surface area contributed by atoms with E-state index >= 15 is 0 Å². The second kappa shape index (κ2) is 6.16. The summed E-state index contributed by atoms with van der Waals surface area (Å²) in [5, 5.41) is 1.12. The van der Waals surface area contributed by atoms with Gasteiger partial charge < -0.3 is 14.5 Å². The minimum Gasteiger partial charge on any atom is -0.497 e. The summed E-state index contributed by atoms with van der Waals surface area (Å²) in [5.74, 6) is 0.553. The number of carbonyl (C=O) groups is 1. The van der Waals surface area contributed by atoms with Gasteiger partial charge in [-0.25, -0.2) is 0 Å². The van der Waals surface area contributed by atoms with Gasteiger partial charge in [-0.15, -0.1) is 0 Å². The third-order valence-electron chi connectivity index (χ3n) is 3.85. The van der Waals surface area contributed by atoms with Crippen molar-refractivity contribution in [3.8, 4) is 16.9 Å². The molecule has 0 aliphatic heterocycles. The van der Waals surface area contributed by atoms with Crippen LogP contribution < -0.4 is 4.74 Å². The van der Waals surface area contributed by atoms with E-state index in [0.717, 1.165) is 39.0 Å². The van der Waals surface area contributed by atoms with Crippen molar-refractivity contribution in [2.75, 3.05) is 7.11 Å². The molecule has 3 aromatic rings. The molecule has 2 aromatic carbocycles. The average Bonchev–Trinajstić information content (AvgIpc) is 2.88. The van der Waals surface area contributed by atoms with E-state index in [1.165, 1.54) is 6.92 Å². The number of nitrogens with one attached hydrogen (secondary N) is 1. The smallest absolute Gasteiger partial charge is 0.302 e. The standard InChI is InChI=1S/C19H19NO3/c1-12-19(17-10-16(22-3)7-8-18(17)20-12)15-6-4-5-14(9-15)11-23-13(2)21/h4-10,20H,11H2,1-3H3. The number of aromatic nitrogens is 1. The minimum absolute atomic E-state index is 0.275. The van der Waals surface area contributed by atoms with Gasteiger partial charge in [-0.2, -0.15) is 0 Å². The zero-order chi connectivity index (χ0) is 16.4. The number of hydrogen-bond donors (Lipinski definition) is 1. The number of ether oxygens (including phenoxy) is 2. The third-order valence-corrected chi connectivity index (χ3v) is 3.85. The first-order chi connectivity index (χ1) is 11.1. The Bertz CT molecular complexity index is 864. The fourth-order valence-electron chi connectivity index (χ4n) is 2.81. The molecular formula is C19H19NO3. The van der Waals surface area contributed by atoms with Crippen LogP contribution in [0.1, 0.15) is 18.2 Å². The Labute approximate surface area is 135 Å². The molecule has 3 rings (SSSR count). The van der Waals surface area contributed by atoms with Crippen LogP contribution in [0.15, 0.2) is 42.5 Å². The molecule has 1 aromatic heterocycles. The number of aromatic amines is 1. The molecule has 0 bridgehead atoms. The molecule has 0 aliphatic carbocycles. The van der Waals surface area contributed by atoms with Gasteiger partial charge >= 0.3 is 5.97 Å². The quantitative estimate of drug-likeness (QED) is 0.734. The summed E-state index contributed by atoms with van der Waals surface area (Å²) in [6, 6.07) is 14.0. The van der Waals surface area contributed by atoms with Crippen LogP contribution in [0, 0.1) is 6.92 Å². The minimum atomic E-state index is -0.275. The summed E-state index contributed by atoms with van der Waals surface area (Å²) in [6.07, 6.45) is 0. The van der Waals surface area contributed by atoms with Crippen molar-refractivity contribution >= 4 is 16.9 Å². The highest BCUT2D eigenvalue weighted by Gasteiger charge is 2.12. The fraction of sp³-hybridized carbons (Fsp3) is 0.211. The van der Waals surface area contributed by atoms with Crippen LogP contribution in [0.5, 0.6) is 5.75 Å². The maximum absolute atomic E-state index is 11.0. The molecule has 23 heavy (non-hydrogen) atoms. The van der Waals surface area contributed by atoms with Crippen LogP contribution in [0.4, 0.5) is 0 Å². The number of aryl methyl sites for hydroxylation is 1. The van der Waals surface area contributed by atoms with Gasteiger partial charge in [0.25, 0.3) is 0 Å². The molecule has 0 saturated carbocycles. The predicted molar refractivity (Wildman–Crippen MR) is 90.5 cm³/mol. The molecular weight excluding hydrogens is 290 g/mol. The lowest BCUT2D eigenvalue weighted by molar-refractivity contribution is -0.142. The van der Waals surface area contributed by atoms with Crippen molar-refractivity contribution in [1.82, 2.24) is 4.98 Å². The number of hydrogen-bond acceptors (Lipinski definition) is 3. The normalized spacial score (nSPS) is 10.7. The number of carbonyl (C=O) groups excluding carboxylic acids is 1. The molecule has 0 aliphatic rings. The van der Waals surface area contributed by atoms with E-state index in [1.807, 2.05) is 30.3 Å². The number of methoxy groups -OCH3 is 1. The van der Waals surface area contributed by atoms with Crippen molar-refractivity contribution < 1.29 is 14.3 Å². The fourth-order valence-corrected chi connectivity index (χ4v) is 2.81. The summed E-state index contributed by atoms with van der Waals surface area (Å²) >= 11 is 0. The van der Waals surface area contributed by atoms with Crippen LogP contribution >= 0.6 is 0 Å². The number of rotatable bonds is 4. The van der Waals surface area contributed by atoms with E-state index in [9.17, 15) is 4.79 Å². The lowest BCUT2D eigenvalue weighted by atomic mass is 10.00. The highest BCUT2D eigenvalue weighted by molar-refractivity contribution is 5.98. The van der Waals surface area contributed by atoms with E-state index in [2.05, 4.69) is 24.0 Å². The van der Waals surface area contributed by atoms with Crippen molar-refractivity contribution in [2.24, 2.45) is 0 Å². The second-order valence-corrected chi connectivity index (χ2v) is 5.52. The Kier molecular flexibility index (Phi) is 4.06. The lowest BCUT2D eigenvalue weighted by Gasteiger charge is -2.07. The number of benzene rings is 2. The van der Waals surface area contributed by atoms with Gasteiger partial charge in [-0.3, -0.25) is 4.79 Å².